The summed E-state index contributed by atoms with van der Waals surface area (Å²) in [6.45, 7) is 7.07. The summed E-state index contributed by atoms with van der Waals surface area (Å²) in [6.07, 6.45) is 2.00. The molecule has 3 heterocycles. The Morgan fingerprint density at radius 1 is 1.17 bits per heavy atom. The van der Waals surface area contributed by atoms with Crippen LogP contribution < -0.4 is 5.32 Å². The second kappa shape index (κ2) is 6.95. The number of anilines is 2. The van der Waals surface area contributed by atoms with Crippen LogP contribution in [0.25, 0.3) is 0 Å². The largest absolute Gasteiger partial charge is 0.342 e. The van der Waals surface area contributed by atoms with E-state index in [1.165, 1.54) is 0 Å². The van der Waals surface area contributed by atoms with Crippen LogP contribution in [-0.2, 0) is 4.79 Å². The Labute approximate surface area is 142 Å². The van der Waals surface area contributed by atoms with Crippen LogP contribution in [0.2, 0.25) is 0 Å². The van der Waals surface area contributed by atoms with Gasteiger partial charge in [-0.25, -0.2) is 15.0 Å². The fraction of sp³-hybridized carbons (Fsp3) is 0.444. The Balaban J connectivity index is 1.82. The highest BCUT2D eigenvalue weighted by molar-refractivity contribution is 5.73. The summed E-state index contributed by atoms with van der Waals surface area (Å²) in [5.74, 6) is 2.63. The van der Waals surface area contributed by atoms with Crippen molar-refractivity contribution < 1.29 is 4.79 Å². The summed E-state index contributed by atoms with van der Waals surface area (Å²) in [4.78, 5) is 27.3. The van der Waals surface area contributed by atoms with Gasteiger partial charge in [-0.15, -0.1) is 0 Å². The molecule has 0 aromatic carbocycles. The lowest BCUT2D eigenvalue weighted by molar-refractivity contribution is -0.130. The van der Waals surface area contributed by atoms with E-state index in [-0.39, 0.29) is 11.8 Å². The fourth-order valence-corrected chi connectivity index (χ4v) is 3.06. The number of pyridine rings is 1. The summed E-state index contributed by atoms with van der Waals surface area (Å²) in [6, 6.07) is 7.76. The van der Waals surface area contributed by atoms with Crippen LogP contribution in [0.4, 0.5) is 11.6 Å². The molecule has 126 valence electrons. The lowest BCUT2D eigenvalue weighted by Gasteiger charge is -2.31. The molecule has 6 nitrogen and oxygen atoms in total. The van der Waals surface area contributed by atoms with Gasteiger partial charge in [0.1, 0.15) is 17.5 Å². The Morgan fingerprint density at radius 2 is 2.00 bits per heavy atom. The highest BCUT2D eigenvalue weighted by Crippen LogP contribution is 2.26. The molecule has 1 aliphatic rings. The van der Waals surface area contributed by atoms with Crippen molar-refractivity contribution in [2.45, 2.75) is 39.5 Å². The zero-order valence-corrected chi connectivity index (χ0v) is 14.4. The second-order valence-corrected chi connectivity index (χ2v) is 6.35. The SMILES string of the molecule is CC(=O)N1CCC[C@H](c2nc(C)cc(Nc3cccc(C)n3)n2)C1. The summed E-state index contributed by atoms with van der Waals surface area (Å²) in [5.41, 5.74) is 1.87. The molecule has 0 aliphatic carbocycles. The number of carbonyl (C=O) groups is 1. The predicted octanol–water partition coefficient (Wildman–Crippen LogP) is 2.96. The van der Waals surface area contributed by atoms with Crippen molar-refractivity contribution in [2.24, 2.45) is 0 Å². The first-order chi connectivity index (χ1) is 11.5. The molecule has 1 atom stereocenters. The summed E-state index contributed by atoms with van der Waals surface area (Å²) in [7, 11) is 0. The molecular weight excluding hydrogens is 302 g/mol. The minimum Gasteiger partial charge on any atom is -0.342 e. The summed E-state index contributed by atoms with van der Waals surface area (Å²) in [5, 5.41) is 3.26. The minimum atomic E-state index is 0.120. The van der Waals surface area contributed by atoms with Crippen LogP contribution in [-0.4, -0.2) is 38.8 Å². The Bertz CT molecular complexity index is 746. The van der Waals surface area contributed by atoms with Crippen molar-refractivity contribution >= 4 is 17.5 Å². The van der Waals surface area contributed by atoms with Crippen molar-refractivity contribution in [1.82, 2.24) is 19.9 Å². The number of rotatable bonds is 3. The average Bonchev–Trinajstić information content (AvgIpc) is 2.54. The first-order valence-electron chi connectivity index (χ1n) is 8.33. The van der Waals surface area contributed by atoms with Crippen molar-refractivity contribution in [2.75, 3.05) is 18.4 Å². The van der Waals surface area contributed by atoms with E-state index in [4.69, 9.17) is 0 Å². The van der Waals surface area contributed by atoms with E-state index in [1.807, 2.05) is 43.0 Å². The van der Waals surface area contributed by atoms with Gasteiger partial charge in [-0.3, -0.25) is 4.79 Å². The molecule has 2 aromatic rings. The van der Waals surface area contributed by atoms with E-state index in [0.29, 0.717) is 6.54 Å². The highest BCUT2D eigenvalue weighted by Gasteiger charge is 2.25. The molecule has 1 amide bonds. The van der Waals surface area contributed by atoms with E-state index < -0.39 is 0 Å². The quantitative estimate of drug-likeness (QED) is 0.939. The molecule has 0 unspecified atom stereocenters. The van der Waals surface area contributed by atoms with E-state index >= 15 is 0 Å². The predicted molar refractivity (Wildman–Crippen MR) is 93.3 cm³/mol. The molecule has 0 bridgehead atoms. The number of aromatic nitrogens is 3. The van der Waals surface area contributed by atoms with Gasteiger partial charge in [0.05, 0.1) is 0 Å². The maximum absolute atomic E-state index is 11.6. The maximum atomic E-state index is 11.6. The number of likely N-dealkylation sites (tertiary alicyclic amines) is 1. The molecule has 2 aromatic heterocycles. The number of aryl methyl sites for hydroxylation is 2. The van der Waals surface area contributed by atoms with Crippen LogP contribution >= 0.6 is 0 Å². The fourth-order valence-electron chi connectivity index (χ4n) is 3.06. The van der Waals surface area contributed by atoms with Gasteiger partial charge in [0.15, 0.2) is 0 Å². The monoisotopic (exact) mass is 325 g/mol. The molecular formula is C18H23N5O. The normalized spacial score (nSPS) is 17.6. The maximum Gasteiger partial charge on any atom is 0.219 e. The Hall–Kier alpha value is -2.50. The second-order valence-electron chi connectivity index (χ2n) is 6.35. The van der Waals surface area contributed by atoms with Gasteiger partial charge >= 0.3 is 0 Å². The number of piperidine rings is 1. The van der Waals surface area contributed by atoms with Crippen LogP contribution in [0.15, 0.2) is 24.3 Å². The number of carbonyl (C=O) groups excluding carboxylic acids is 1. The highest BCUT2D eigenvalue weighted by atomic mass is 16.2. The lowest BCUT2D eigenvalue weighted by Crippen LogP contribution is -2.38. The Kier molecular flexibility index (Phi) is 4.74. The number of amides is 1. The number of hydrogen-bond acceptors (Lipinski definition) is 5. The van der Waals surface area contributed by atoms with Crippen LogP contribution in [0.3, 0.4) is 0 Å². The Morgan fingerprint density at radius 3 is 2.75 bits per heavy atom. The first-order valence-corrected chi connectivity index (χ1v) is 8.33. The molecule has 1 aliphatic heterocycles. The van der Waals surface area contributed by atoms with Gasteiger partial charge in [0.2, 0.25) is 5.91 Å². The third-order valence-corrected chi connectivity index (χ3v) is 4.25. The minimum absolute atomic E-state index is 0.120. The number of nitrogens with one attached hydrogen (secondary N) is 1. The van der Waals surface area contributed by atoms with Gasteiger partial charge in [-0.2, -0.15) is 0 Å². The topological polar surface area (TPSA) is 71.0 Å². The zero-order chi connectivity index (χ0) is 17.1. The van der Waals surface area contributed by atoms with E-state index in [0.717, 1.165) is 48.2 Å². The molecule has 1 fully saturated rings. The summed E-state index contributed by atoms with van der Waals surface area (Å²) < 4.78 is 0. The zero-order valence-electron chi connectivity index (χ0n) is 14.4. The van der Waals surface area contributed by atoms with Gasteiger partial charge < -0.3 is 10.2 Å². The molecule has 0 radical (unpaired) electrons. The van der Waals surface area contributed by atoms with Crippen molar-refractivity contribution in [3.05, 3.63) is 41.5 Å². The van der Waals surface area contributed by atoms with Crippen molar-refractivity contribution in [1.29, 1.82) is 0 Å². The average molecular weight is 325 g/mol. The van der Waals surface area contributed by atoms with E-state index in [2.05, 4.69) is 20.3 Å². The van der Waals surface area contributed by atoms with Crippen LogP contribution in [0, 0.1) is 13.8 Å². The molecule has 0 saturated carbocycles. The smallest absolute Gasteiger partial charge is 0.219 e. The van der Waals surface area contributed by atoms with E-state index in [9.17, 15) is 4.79 Å². The third kappa shape index (κ3) is 3.88. The number of nitrogens with zero attached hydrogens (tertiary/aromatic N) is 4. The van der Waals surface area contributed by atoms with Gasteiger partial charge in [0.25, 0.3) is 0 Å². The van der Waals surface area contributed by atoms with Crippen molar-refractivity contribution in [3.63, 3.8) is 0 Å². The summed E-state index contributed by atoms with van der Waals surface area (Å²) >= 11 is 0. The third-order valence-electron chi connectivity index (χ3n) is 4.25. The first kappa shape index (κ1) is 16.4. The molecule has 1 saturated heterocycles. The van der Waals surface area contributed by atoms with Gasteiger partial charge in [-0.1, -0.05) is 6.07 Å². The van der Waals surface area contributed by atoms with Crippen LogP contribution in [0.1, 0.15) is 42.9 Å². The molecule has 24 heavy (non-hydrogen) atoms. The lowest BCUT2D eigenvalue weighted by atomic mass is 9.97. The van der Waals surface area contributed by atoms with Crippen molar-refractivity contribution in [3.8, 4) is 0 Å². The molecule has 3 rings (SSSR count). The molecule has 0 spiro atoms. The molecule has 1 N–H and O–H groups in total. The van der Waals surface area contributed by atoms with Gasteiger partial charge in [0, 0.05) is 43.4 Å². The standard InChI is InChI=1S/C18H23N5O/c1-12-6-4-8-16(19-12)21-17-10-13(2)20-18(22-17)15-7-5-9-23(11-15)14(3)24/h4,6,8,10,15H,5,7,9,11H2,1-3H3,(H,19,20,21,22)/t15-/m0/s1. The van der Waals surface area contributed by atoms with Crippen LogP contribution in [0.5, 0.6) is 0 Å². The number of hydrogen-bond donors (Lipinski definition) is 1. The molecule has 6 heteroatoms. The van der Waals surface area contributed by atoms with Gasteiger partial charge in [-0.05, 0) is 38.8 Å². The van der Waals surface area contributed by atoms with E-state index in [1.54, 1.807) is 6.92 Å².